The van der Waals surface area contributed by atoms with E-state index in [2.05, 4.69) is 24.1 Å². The van der Waals surface area contributed by atoms with Crippen LogP contribution < -0.4 is 5.32 Å². The van der Waals surface area contributed by atoms with Gasteiger partial charge in [-0.1, -0.05) is 77.4 Å². The molecule has 236 valence electrons. The molecule has 5 atom stereocenters. The van der Waals surface area contributed by atoms with E-state index in [1.54, 1.807) is 37.1 Å². The Labute approximate surface area is 256 Å². The van der Waals surface area contributed by atoms with Gasteiger partial charge in [-0.2, -0.15) is 0 Å². The summed E-state index contributed by atoms with van der Waals surface area (Å²) in [7, 11) is 3.14. The summed E-state index contributed by atoms with van der Waals surface area (Å²) in [6.45, 7) is 11.3. The topological polar surface area (TPSA) is 115 Å². The Morgan fingerprint density at radius 2 is 1.63 bits per heavy atom. The fraction of sp³-hybridized carbons (Fsp3) is 0.559. The van der Waals surface area contributed by atoms with Crippen LogP contribution in [0.4, 0.5) is 0 Å². The summed E-state index contributed by atoms with van der Waals surface area (Å²) in [6, 6.07) is 14.2. The average Bonchev–Trinajstić information content (AvgIpc) is 2.98. The van der Waals surface area contributed by atoms with Crippen molar-refractivity contribution in [1.82, 2.24) is 15.2 Å². The van der Waals surface area contributed by atoms with Gasteiger partial charge in [-0.05, 0) is 42.4 Å². The van der Waals surface area contributed by atoms with E-state index in [4.69, 9.17) is 9.47 Å². The summed E-state index contributed by atoms with van der Waals surface area (Å²) in [6.07, 6.45) is 1.85. The van der Waals surface area contributed by atoms with Crippen LogP contribution in [0.25, 0.3) is 0 Å². The zero-order valence-corrected chi connectivity index (χ0v) is 27.0. The molecule has 2 rings (SSSR count). The smallest absolute Gasteiger partial charge is 0.308 e. The standard InChI is InChI=1S/C34H49N3O6/c1-9-23(4)18-32(39)37(7)30(22(2)3)21-31(43-25(6)38)28-16-13-17-29(36-28)33(40)35-27(19-24(5)34(41)42-8)20-26-14-11-10-12-15-26/h10-17,22-24,27,30-31H,9,18-21H2,1-8H3,(H,35,40)/t23-,24-,27+,30?,31+/m0/s1. The first kappa shape index (κ1) is 35.4. The number of ether oxygens (including phenoxy) is 2. The van der Waals surface area contributed by atoms with Gasteiger partial charge >= 0.3 is 11.9 Å². The molecule has 9 heteroatoms. The lowest BCUT2D eigenvalue weighted by atomic mass is 9.93. The molecule has 9 nitrogen and oxygen atoms in total. The summed E-state index contributed by atoms with van der Waals surface area (Å²) < 4.78 is 10.6. The highest BCUT2D eigenvalue weighted by atomic mass is 16.5. The van der Waals surface area contributed by atoms with E-state index >= 15 is 0 Å². The number of aromatic nitrogens is 1. The maximum absolute atomic E-state index is 13.5. The first-order chi connectivity index (χ1) is 20.4. The Morgan fingerprint density at radius 1 is 0.953 bits per heavy atom. The second kappa shape index (κ2) is 17.4. The fourth-order valence-electron chi connectivity index (χ4n) is 5.13. The van der Waals surface area contributed by atoms with Crippen LogP contribution in [-0.4, -0.2) is 59.9 Å². The van der Waals surface area contributed by atoms with E-state index in [0.29, 0.717) is 31.4 Å². The van der Waals surface area contributed by atoms with Crippen LogP contribution in [0.3, 0.4) is 0 Å². The molecule has 1 heterocycles. The van der Waals surface area contributed by atoms with Crippen LogP contribution in [0.15, 0.2) is 48.5 Å². The third kappa shape index (κ3) is 11.5. The zero-order valence-electron chi connectivity index (χ0n) is 27.0. The average molecular weight is 596 g/mol. The molecule has 0 aliphatic rings. The Hall–Kier alpha value is -3.75. The van der Waals surface area contributed by atoms with E-state index in [1.807, 2.05) is 44.2 Å². The van der Waals surface area contributed by atoms with Gasteiger partial charge in [0.1, 0.15) is 11.8 Å². The molecular formula is C34H49N3O6. The summed E-state index contributed by atoms with van der Waals surface area (Å²) in [5.74, 6) is -1.23. The van der Waals surface area contributed by atoms with Crippen molar-refractivity contribution in [2.75, 3.05) is 14.2 Å². The van der Waals surface area contributed by atoms with Crippen LogP contribution >= 0.6 is 0 Å². The number of amides is 2. The number of rotatable bonds is 16. The summed E-state index contributed by atoms with van der Waals surface area (Å²) >= 11 is 0. The minimum Gasteiger partial charge on any atom is -0.469 e. The summed E-state index contributed by atoms with van der Waals surface area (Å²) in [4.78, 5) is 57.2. The monoisotopic (exact) mass is 595 g/mol. The molecule has 0 aliphatic carbocycles. The minimum atomic E-state index is -0.754. The van der Waals surface area contributed by atoms with E-state index in [-0.39, 0.29) is 41.5 Å². The summed E-state index contributed by atoms with van der Waals surface area (Å²) in [5, 5.41) is 3.04. The molecule has 2 aromatic rings. The van der Waals surface area contributed by atoms with Gasteiger partial charge in [0, 0.05) is 38.9 Å². The van der Waals surface area contributed by atoms with Crippen molar-refractivity contribution in [3.05, 3.63) is 65.5 Å². The van der Waals surface area contributed by atoms with Crippen LogP contribution in [-0.2, 0) is 30.3 Å². The maximum Gasteiger partial charge on any atom is 0.308 e. The number of nitrogens with one attached hydrogen (secondary N) is 1. The Kier molecular flexibility index (Phi) is 14.3. The predicted octanol–water partition coefficient (Wildman–Crippen LogP) is 5.54. The van der Waals surface area contributed by atoms with E-state index in [9.17, 15) is 19.2 Å². The second-order valence-electron chi connectivity index (χ2n) is 11.8. The first-order valence-corrected chi connectivity index (χ1v) is 15.2. The molecule has 2 amide bonds. The highest BCUT2D eigenvalue weighted by Crippen LogP contribution is 2.28. The molecule has 1 unspecified atom stereocenters. The number of carbonyl (C=O) groups is 4. The van der Waals surface area contributed by atoms with Crippen LogP contribution in [0.1, 0.15) is 95.1 Å². The van der Waals surface area contributed by atoms with Gasteiger partial charge in [0.25, 0.3) is 5.91 Å². The van der Waals surface area contributed by atoms with Crippen LogP contribution in [0, 0.1) is 17.8 Å². The minimum absolute atomic E-state index is 0.0429. The van der Waals surface area contributed by atoms with Crippen molar-refractivity contribution in [3.8, 4) is 0 Å². The van der Waals surface area contributed by atoms with Crippen molar-refractivity contribution in [1.29, 1.82) is 0 Å². The lowest BCUT2D eigenvalue weighted by Crippen LogP contribution is -2.42. The molecule has 0 aliphatic heterocycles. The van der Waals surface area contributed by atoms with Gasteiger partial charge in [0.15, 0.2) is 0 Å². The van der Waals surface area contributed by atoms with Crippen molar-refractivity contribution >= 4 is 23.8 Å². The normalized spacial score (nSPS) is 14.6. The largest absolute Gasteiger partial charge is 0.469 e. The van der Waals surface area contributed by atoms with Crippen LogP contribution in [0.5, 0.6) is 0 Å². The predicted molar refractivity (Wildman–Crippen MR) is 166 cm³/mol. The van der Waals surface area contributed by atoms with E-state index in [0.717, 1.165) is 12.0 Å². The Bertz CT molecular complexity index is 1200. The zero-order chi connectivity index (χ0) is 32.1. The van der Waals surface area contributed by atoms with Gasteiger partial charge in [0.05, 0.1) is 18.7 Å². The molecule has 0 radical (unpaired) electrons. The lowest BCUT2D eigenvalue weighted by Gasteiger charge is -2.34. The molecule has 1 aromatic carbocycles. The SMILES string of the molecule is CC[C@H](C)CC(=O)N(C)C(C[C@@H](OC(C)=O)c1cccc(C(=O)N[C@@H](Cc2ccccc2)C[C@H](C)C(=O)OC)n1)C(C)C. The Morgan fingerprint density at radius 3 is 2.21 bits per heavy atom. The second-order valence-corrected chi connectivity index (χ2v) is 11.8. The first-order valence-electron chi connectivity index (χ1n) is 15.2. The molecule has 43 heavy (non-hydrogen) atoms. The Balaban J connectivity index is 2.31. The highest BCUT2D eigenvalue weighted by Gasteiger charge is 2.30. The van der Waals surface area contributed by atoms with Crippen molar-refractivity contribution in [2.24, 2.45) is 17.8 Å². The van der Waals surface area contributed by atoms with Gasteiger partial charge < -0.3 is 19.7 Å². The van der Waals surface area contributed by atoms with Gasteiger partial charge in [0.2, 0.25) is 5.91 Å². The van der Waals surface area contributed by atoms with Gasteiger partial charge in [-0.15, -0.1) is 0 Å². The molecule has 0 spiro atoms. The number of hydrogen-bond acceptors (Lipinski definition) is 7. The summed E-state index contributed by atoms with van der Waals surface area (Å²) in [5.41, 5.74) is 1.62. The molecule has 0 saturated carbocycles. The molecule has 0 saturated heterocycles. The number of hydrogen-bond donors (Lipinski definition) is 1. The van der Waals surface area contributed by atoms with Crippen molar-refractivity contribution < 1.29 is 28.7 Å². The number of carbonyl (C=O) groups excluding carboxylic acids is 4. The fourth-order valence-corrected chi connectivity index (χ4v) is 5.13. The number of methoxy groups -OCH3 is 1. The molecule has 0 fully saturated rings. The van der Waals surface area contributed by atoms with Gasteiger partial charge in [-0.3, -0.25) is 19.2 Å². The molecular weight excluding hydrogens is 546 g/mol. The third-order valence-corrected chi connectivity index (χ3v) is 7.88. The quantitative estimate of drug-likeness (QED) is 0.254. The highest BCUT2D eigenvalue weighted by molar-refractivity contribution is 5.92. The third-order valence-electron chi connectivity index (χ3n) is 7.88. The lowest BCUT2D eigenvalue weighted by molar-refractivity contribution is -0.149. The van der Waals surface area contributed by atoms with E-state index < -0.39 is 23.9 Å². The number of esters is 2. The number of pyridine rings is 1. The molecule has 1 N–H and O–H groups in total. The number of benzene rings is 1. The number of nitrogens with zero attached hydrogens (tertiary/aromatic N) is 2. The van der Waals surface area contributed by atoms with Gasteiger partial charge in [-0.25, -0.2) is 4.98 Å². The molecule has 1 aromatic heterocycles. The van der Waals surface area contributed by atoms with E-state index in [1.165, 1.54) is 14.0 Å². The van der Waals surface area contributed by atoms with Crippen molar-refractivity contribution in [3.63, 3.8) is 0 Å². The van der Waals surface area contributed by atoms with Crippen LogP contribution in [0.2, 0.25) is 0 Å². The van der Waals surface area contributed by atoms with Crippen molar-refractivity contribution in [2.45, 2.75) is 91.8 Å². The molecule has 0 bridgehead atoms. The maximum atomic E-state index is 13.5.